The van der Waals surface area contributed by atoms with Crippen molar-refractivity contribution in [1.29, 1.82) is 0 Å². The zero-order valence-electron chi connectivity index (χ0n) is 45.1. The van der Waals surface area contributed by atoms with E-state index >= 15 is 8.78 Å². The number of hydrogen-bond donors (Lipinski definition) is 3. The van der Waals surface area contributed by atoms with Crippen molar-refractivity contribution in [2.75, 3.05) is 77.1 Å². The minimum Gasteiger partial charge on any atom is -0.508 e. The van der Waals surface area contributed by atoms with E-state index in [9.17, 15) is 29.4 Å². The van der Waals surface area contributed by atoms with E-state index in [-0.39, 0.29) is 90.0 Å². The molecule has 3 N–H and O–H groups in total. The average molecular weight is 1090 g/mol. The van der Waals surface area contributed by atoms with Crippen molar-refractivity contribution >= 4 is 56.4 Å². The van der Waals surface area contributed by atoms with Crippen LogP contribution in [0.2, 0.25) is 0 Å². The van der Waals surface area contributed by atoms with Crippen LogP contribution in [-0.4, -0.2) is 151 Å². The van der Waals surface area contributed by atoms with Gasteiger partial charge in [-0.2, -0.15) is 9.97 Å². The Morgan fingerprint density at radius 3 is 2.49 bits per heavy atom. The van der Waals surface area contributed by atoms with Gasteiger partial charge in [-0.15, -0.1) is 0 Å². The summed E-state index contributed by atoms with van der Waals surface area (Å²) in [5.74, 6) is -0.710. The number of aromatic hydroxyl groups is 1. The zero-order chi connectivity index (χ0) is 54.7. The van der Waals surface area contributed by atoms with Crippen LogP contribution in [0.15, 0.2) is 53.5 Å². The van der Waals surface area contributed by atoms with Crippen molar-refractivity contribution < 1.29 is 42.9 Å². The first-order valence-corrected chi connectivity index (χ1v) is 28.5. The number of benzene rings is 3. The van der Waals surface area contributed by atoms with Crippen molar-refractivity contribution in [1.82, 2.24) is 44.1 Å². The number of fused-ring (bicyclic) bond motifs is 4. The van der Waals surface area contributed by atoms with Crippen LogP contribution >= 0.6 is 0 Å². The molecule has 3 amide bonds. The number of anilines is 1. The maximum Gasteiger partial charge on any atom is 0.409 e. The smallest absolute Gasteiger partial charge is 0.409 e. The normalized spacial score (nSPS) is 23.8. The molecule has 79 heavy (non-hydrogen) atoms. The molecule has 0 bridgehead atoms. The lowest BCUT2D eigenvalue weighted by Crippen LogP contribution is -2.48. The first-order valence-electron chi connectivity index (χ1n) is 28.5. The molecule has 0 radical (unpaired) electrons. The number of ether oxygens (including phenoxy) is 2. The number of hydrogen-bond acceptors (Lipinski definition) is 14. The number of aliphatic hydroxyl groups is 1. The van der Waals surface area contributed by atoms with E-state index < -0.39 is 23.6 Å². The first kappa shape index (κ1) is 52.9. The maximum atomic E-state index is 17.3. The van der Waals surface area contributed by atoms with Crippen LogP contribution in [-0.2, 0) is 27.8 Å². The number of imidazole rings is 1. The van der Waals surface area contributed by atoms with Crippen LogP contribution in [0.3, 0.4) is 0 Å². The molecule has 18 nitrogen and oxygen atoms in total. The third kappa shape index (κ3) is 9.95. The van der Waals surface area contributed by atoms with E-state index in [4.69, 9.17) is 19.4 Å². The number of pyridine rings is 1. The highest BCUT2D eigenvalue weighted by Gasteiger charge is 2.50. The number of likely N-dealkylation sites (tertiary alicyclic amines) is 2. The summed E-state index contributed by atoms with van der Waals surface area (Å²) in [6, 6.07) is 11.3. The molecule has 0 saturated carbocycles. The predicted molar refractivity (Wildman–Crippen MR) is 293 cm³/mol. The minimum atomic E-state index is -0.740. The Kier molecular flexibility index (Phi) is 14.5. The lowest BCUT2D eigenvalue weighted by molar-refractivity contribution is -0.135. The molecule has 418 valence electrons. The molecular weight excluding hydrogens is 1010 g/mol. The van der Waals surface area contributed by atoms with E-state index in [1.807, 2.05) is 22.8 Å². The number of rotatable bonds is 13. The van der Waals surface area contributed by atoms with Crippen molar-refractivity contribution in [3.63, 3.8) is 0 Å². The van der Waals surface area contributed by atoms with Crippen LogP contribution in [0.5, 0.6) is 11.8 Å². The first-order chi connectivity index (χ1) is 38.3. The second-order valence-electron chi connectivity index (χ2n) is 23.1. The van der Waals surface area contributed by atoms with E-state index in [0.717, 1.165) is 95.9 Å². The number of halogens is 2. The van der Waals surface area contributed by atoms with Gasteiger partial charge in [-0.1, -0.05) is 19.1 Å². The van der Waals surface area contributed by atoms with Crippen molar-refractivity contribution in [3.05, 3.63) is 81.9 Å². The zero-order valence-corrected chi connectivity index (χ0v) is 45.1. The number of nitrogens with zero attached hydrogens (tertiary/aromatic N) is 9. The van der Waals surface area contributed by atoms with Crippen LogP contribution in [0, 0.1) is 23.5 Å². The Balaban J connectivity index is 0.662. The molecule has 6 aliphatic heterocycles. The molecule has 3 aromatic carbocycles. The minimum absolute atomic E-state index is 0.00585. The van der Waals surface area contributed by atoms with Crippen molar-refractivity contribution in [2.45, 2.75) is 114 Å². The number of aromatic nitrogens is 5. The molecule has 6 aliphatic rings. The molecule has 9 heterocycles. The van der Waals surface area contributed by atoms with Crippen LogP contribution in [0.25, 0.3) is 44.0 Å². The number of imide groups is 1. The Hall–Kier alpha value is -6.77. The molecular formula is C59H70F2N10O8. The molecule has 3 aromatic heterocycles. The van der Waals surface area contributed by atoms with Gasteiger partial charge in [0.05, 0.1) is 22.0 Å². The molecule has 20 heteroatoms. The van der Waals surface area contributed by atoms with E-state index in [0.29, 0.717) is 83.9 Å². The standard InChI is InChI=1S/C59H70F2N10O8/c1-3-42-45(60)9-7-39-26-41(73)28-43(50(39)42)52-51(61)53-44(29-62-52)54(69-20-4-6-36(31-69)32-72)65-56(64-53)79-34-59-18-5-21-70(59)40(13-19-59)33-78-58(77)68-24-14-35(15-25-68)30-67-22-16-37(17-23-67)38-8-10-46-48(27-38)66(2)57(76)71(46)47-11-12-49(74)63-55(47)75/h7-10,26-29,35-37,40,47,72-73H,3-6,11-25,30-34H2,1-2H3,(H,63,74,75)/t36-,40-,47?,59-/m0/s1. The fourth-order valence-corrected chi connectivity index (χ4v) is 14.2. The Morgan fingerprint density at radius 2 is 1.71 bits per heavy atom. The summed E-state index contributed by atoms with van der Waals surface area (Å²) in [4.78, 5) is 74.5. The lowest BCUT2D eigenvalue weighted by Gasteiger charge is -2.38. The number of carbonyl (C=O) groups excluding carboxylic acids is 3. The van der Waals surface area contributed by atoms with Crippen LogP contribution in [0.4, 0.5) is 19.4 Å². The number of aliphatic hydroxyl groups excluding tert-OH is 1. The third-order valence-corrected chi connectivity index (χ3v) is 18.5. The van der Waals surface area contributed by atoms with E-state index in [1.54, 1.807) is 17.7 Å². The molecule has 6 fully saturated rings. The molecule has 0 spiro atoms. The fraction of sp³-hybridized carbons (Fsp3) is 0.542. The van der Waals surface area contributed by atoms with Gasteiger partial charge in [-0.05, 0) is 167 Å². The van der Waals surface area contributed by atoms with Gasteiger partial charge in [0.1, 0.15) is 47.9 Å². The molecule has 0 aliphatic carbocycles. The van der Waals surface area contributed by atoms with Gasteiger partial charge in [-0.3, -0.25) is 33.9 Å². The van der Waals surface area contributed by atoms with Gasteiger partial charge in [0.2, 0.25) is 11.8 Å². The summed E-state index contributed by atoms with van der Waals surface area (Å²) in [6.45, 7) is 8.56. The number of phenolic OH excluding ortho intramolecular Hbond substituents is 1. The maximum absolute atomic E-state index is 17.3. The summed E-state index contributed by atoms with van der Waals surface area (Å²) < 4.78 is 48.3. The molecule has 1 unspecified atom stereocenters. The van der Waals surface area contributed by atoms with Gasteiger partial charge in [0.25, 0.3) is 0 Å². The number of amides is 3. The number of aryl methyl sites for hydroxylation is 2. The highest BCUT2D eigenvalue weighted by Crippen LogP contribution is 2.44. The van der Waals surface area contributed by atoms with E-state index in [1.165, 1.54) is 34.5 Å². The van der Waals surface area contributed by atoms with Crippen molar-refractivity contribution in [3.8, 4) is 23.0 Å². The van der Waals surface area contributed by atoms with Crippen molar-refractivity contribution in [2.24, 2.45) is 18.9 Å². The Bertz CT molecular complexity index is 3410. The van der Waals surface area contributed by atoms with Crippen LogP contribution < -0.4 is 20.6 Å². The van der Waals surface area contributed by atoms with Gasteiger partial charge in [0.15, 0.2) is 5.82 Å². The molecule has 6 saturated heterocycles. The third-order valence-electron chi connectivity index (χ3n) is 18.5. The Labute approximate surface area is 456 Å². The largest absolute Gasteiger partial charge is 0.508 e. The van der Waals surface area contributed by atoms with Gasteiger partial charge >= 0.3 is 17.8 Å². The highest BCUT2D eigenvalue weighted by atomic mass is 19.1. The number of phenols is 1. The monoisotopic (exact) mass is 1080 g/mol. The van der Waals surface area contributed by atoms with Gasteiger partial charge in [-0.25, -0.2) is 18.4 Å². The Morgan fingerprint density at radius 1 is 0.886 bits per heavy atom. The summed E-state index contributed by atoms with van der Waals surface area (Å²) in [5.41, 5.74) is 2.63. The second-order valence-corrected chi connectivity index (χ2v) is 23.1. The fourth-order valence-electron chi connectivity index (χ4n) is 14.2. The topological polar surface area (TPSA) is 201 Å². The predicted octanol–water partition coefficient (Wildman–Crippen LogP) is 7.34. The summed E-state index contributed by atoms with van der Waals surface area (Å²) in [5, 5.41) is 24.7. The average Bonchev–Trinajstić information content (AvgIpc) is 4.34. The second kappa shape index (κ2) is 21.7. The van der Waals surface area contributed by atoms with Gasteiger partial charge in [0, 0.05) is 70.6 Å². The summed E-state index contributed by atoms with van der Waals surface area (Å²) in [7, 11) is 1.73. The summed E-state index contributed by atoms with van der Waals surface area (Å²) >= 11 is 0. The number of piperidine rings is 4. The number of carbonyl (C=O) groups is 3. The van der Waals surface area contributed by atoms with E-state index in [2.05, 4.69) is 32.2 Å². The molecule has 6 aromatic rings. The molecule has 12 rings (SSSR count). The highest BCUT2D eigenvalue weighted by molar-refractivity contribution is 6.02. The van der Waals surface area contributed by atoms with Crippen LogP contribution in [0.1, 0.15) is 107 Å². The number of nitrogens with one attached hydrogen (secondary N) is 1. The lowest BCUT2D eigenvalue weighted by atomic mass is 9.88. The molecule has 4 atom stereocenters. The quantitative estimate of drug-likeness (QED) is 0.0971. The van der Waals surface area contributed by atoms with Gasteiger partial charge < -0.3 is 34.4 Å². The SMILES string of the molecule is CCc1c(F)ccc2cc(O)cc(-c3ncc4c(N5CCC[C@H](CO)C5)nc(OC[C@@]56CCCN5[C@H](COC(=O)N5CCC(CN7CCC(c8ccc9c(c8)n(C)c(=O)n9C8CCC(=O)NC8=O)CC7)CC5)CC6)nc4c3F)c12. The summed E-state index contributed by atoms with van der Waals surface area (Å²) in [6.07, 6.45) is 11.1.